The molecule has 1 N–H and O–H groups in total. The molecule has 2 rings (SSSR count). The second-order valence-corrected chi connectivity index (χ2v) is 7.53. The standard InChI is InChI=1S/C15H23N3O4S/c1-23(20,21)17-8-6-15(19)18-9-3-5-14(11-18)22-12-13-4-2-7-16-10-13/h2,4,7,10,14,17H,3,5-6,8-9,11-12H2,1H3/t14-/m1/s1. The van der Waals surface area contributed by atoms with Crippen LogP contribution in [0.15, 0.2) is 24.5 Å². The molecule has 128 valence electrons. The van der Waals surface area contributed by atoms with Gasteiger partial charge in [0.15, 0.2) is 0 Å². The van der Waals surface area contributed by atoms with Crippen LogP contribution in [0.4, 0.5) is 0 Å². The maximum absolute atomic E-state index is 12.1. The van der Waals surface area contributed by atoms with E-state index in [2.05, 4.69) is 9.71 Å². The van der Waals surface area contributed by atoms with Crippen molar-refractivity contribution in [2.24, 2.45) is 0 Å². The van der Waals surface area contributed by atoms with Crippen molar-refractivity contribution in [3.8, 4) is 0 Å². The number of amides is 1. The van der Waals surface area contributed by atoms with Gasteiger partial charge in [-0.25, -0.2) is 13.1 Å². The minimum absolute atomic E-state index is 0.00998. The fraction of sp³-hybridized carbons (Fsp3) is 0.600. The number of carbonyl (C=O) groups excluding carboxylic acids is 1. The van der Waals surface area contributed by atoms with Gasteiger partial charge in [-0.1, -0.05) is 6.07 Å². The lowest BCUT2D eigenvalue weighted by molar-refractivity contribution is -0.135. The van der Waals surface area contributed by atoms with E-state index >= 15 is 0 Å². The zero-order valence-corrected chi connectivity index (χ0v) is 14.1. The summed E-state index contributed by atoms with van der Waals surface area (Å²) < 4.78 is 30.2. The molecule has 0 aliphatic carbocycles. The number of piperidine rings is 1. The van der Waals surface area contributed by atoms with Gasteiger partial charge in [0.1, 0.15) is 0 Å². The van der Waals surface area contributed by atoms with Gasteiger partial charge in [-0.2, -0.15) is 0 Å². The van der Waals surface area contributed by atoms with Gasteiger partial charge in [-0.15, -0.1) is 0 Å². The van der Waals surface area contributed by atoms with Crippen molar-refractivity contribution in [2.75, 3.05) is 25.9 Å². The molecule has 1 amide bonds. The lowest BCUT2D eigenvalue weighted by Gasteiger charge is -2.32. The van der Waals surface area contributed by atoms with E-state index in [1.165, 1.54) is 0 Å². The van der Waals surface area contributed by atoms with Gasteiger partial charge in [0.25, 0.3) is 0 Å². The largest absolute Gasteiger partial charge is 0.372 e. The molecular weight excluding hydrogens is 318 g/mol. The van der Waals surface area contributed by atoms with Crippen LogP contribution in [0.5, 0.6) is 0 Å². The number of pyridine rings is 1. The molecular formula is C15H23N3O4S. The predicted molar refractivity (Wildman–Crippen MR) is 86.1 cm³/mol. The highest BCUT2D eigenvalue weighted by Crippen LogP contribution is 2.15. The molecule has 1 fully saturated rings. The topological polar surface area (TPSA) is 88.6 Å². The van der Waals surface area contributed by atoms with E-state index < -0.39 is 10.0 Å². The summed E-state index contributed by atoms with van der Waals surface area (Å²) in [6.45, 7) is 1.87. The maximum atomic E-state index is 12.1. The fourth-order valence-electron chi connectivity index (χ4n) is 2.50. The van der Waals surface area contributed by atoms with Gasteiger partial charge >= 0.3 is 0 Å². The van der Waals surface area contributed by atoms with Crippen LogP contribution in [-0.4, -0.2) is 56.2 Å². The quantitative estimate of drug-likeness (QED) is 0.781. The van der Waals surface area contributed by atoms with Crippen molar-refractivity contribution in [1.82, 2.24) is 14.6 Å². The minimum atomic E-state index is -3.25. The summed E-state index contributed by atoms with van der Waals surface area (Å²) in [5.74, 6) is -0.0455. The number of nitrogens with zero attached hydrogens (tertiary/aromatic N) is 2. The van der Waals surface area contributed by atoms with Crippen LogP contribution in [0, 0.1) is 0 Å². The molecule has 2 heterocycles. The molecule has 1 aliphatic heterocycles. The molecule has 0 bridgehead atoms. The smallest absolute Gasteiger partial charge is 0.223 e. The molecule has 1 atom stereocenters. The van der Waals surface area contributed by atoms with Gasteiger partial charge in [-0.05, 0) is 24.5 Å². The molecule has 0 radical (unpaired) electrons. The first-order valence-corrected chi connectivity index (χ1v) is 9.56. The van der Waals surface area contributed by atoms with E-state index in [0.717, 1.165) is 24.7 Å². The summed E-state index contributed by atoms with van der Waals surface area (Å²) in [5, 5.41) is 0. The fourth-order valence-corrected chi connectivity index (χ4v) is 2.97. The van der Waals surface area contributed by atoms with Crippen molar-refractivity contribution >= 4 is 15.9 Å². The number of likely N-dealkylation sites (tertiary alicyclic amines) is 1. The molecule has 23 heavy (non-hydrogen) atoms. The Morgan fingerprint density at radius 1 is 1.52 bits per heavy atom. The van der Waals surface area contributed by atoms with Crippen molar-refractivity contribution < 1.29 is 17.9 Å². The molecule has 0 saturated carbocycles. The number of hydrogen-bond donors (Lipinski definition) is 1. The third kappa shape index (κ3) is 6.64. The second kappa shape index (κ2) is 8.37. The summed E-state index contributed by atoms with van der Waals surface area (Å²) in [6, 6.07) is 3.82. The first-order chi connectivity index (χ1) is 10.9. The minimum Gasteiger partial charge on any atom is -0.372 e. The monoisotopic (exact) mass is 341 g/mol. The molecule has 0 aromatic carbocycles. The Balaban J connectivity index is 1.75. The number of hydrogen-bond acceptors (Lipinski definition) is 5. The third-order valence-electron chi connectivity index (χ3n) is 3.64. The number of rotatable bonds is 7. The summed E-state index contributed by atoms with van der Waals surface area (Å²) in [5.41, 5.74) is 1.01. The van der Waals surface area contributed by atoms with E-state index in [0.29, 0.717) is 19.7 Å². The summed E-state index contributed by atoms with van der Waals surface area (Å²) >= 11 is 0. The van der Waals surface area contributed by atoms with Crippen LogP contribution < -0.4 is 4.72 Å². The summed E-state index contributed by atoms with van der Waals surface area (Å²) in [6.07, 6.45) is 6.56. The Hall–Kier alpha value is -1.51. The summed E-state index contributed by atoms with van der Waals surface area (Å²) in [7, 11) is -3.25. The lowest BCUT2D eigenvalue weighted by Crippen LogP contribution is -2.44. The highest BCUT2D eigenvalue weighted by molar-refractivity contribution is 7.88. The predicted octanol–water partition coefficient (Wildman–Crippen LogP) is 0.529. The first kappa shape index (κ1) is 17.8. The summed E-state index contributed by atoms with van der Waals surface area (Å²) in [4.78, 5) is 17.9. The Kier molecular flexibility index (Phi) is 6.49. The van der Waals surface area contributed by atoms with Crippen molar-refractivity contribution in [1.29, 1.82) is 0 Å². The SMILES string of the molecule is CS(=O)(=O)NCCC(=O)N1CCC[C@@H](OCc2cccnc2)C1. The Labute approximate surface area is 137 Å². The second-order valence-electron chi connectivity index (χ2n) is 5.69. The molecule has 8 heteroatoms. The average Bonchev–Trinajstić information content (AvgIpc) is 2.53. The molecule has 0 unspecified atom stereocenters. The van der Waals surface area contributed by atoms with Gasteiger partial charge in [0.2, 0.25) is 15.9 Å². The third-order valence-corrected chi connectivity index (χ3v) is 4.37. The van der Waals surface area contributed by atoms with E-state index in [9.17, 15) is 13.2 Å². The van der Waals surface area contributed by atoms with Crippen LogP contribution >= 0.6 is 0 Å². The molecule has 7 nitrogen and oxygen atoms in total. The number of nitrogens with one attached hydrogen (secondary N) is 1. The van der Waals surface area contributed by atoms with Gasteiger partial charge in [-0.3, -0.25) is 9.78 Å². The van der Waals surface area contributed by atoms with Crippen molar-refractivity contribution in [3.63, 3.8) is 0 Å². The van der Waals surface area contributed by atoms with Crippen molar-refractivity contribution in [2.45, 2.75) is 32.0 Å². The molecule has 0 spiro atoms. The number of sulfonamides is 1. The van der Waals surface area contributed by atoms with Crippen LogP contribution in [0.2, 0.25) is 0 Å². The van der Waals surface area contributed by atoms with E-state index in [-0.39, 0.29) is 25.0 Å². The van der Waals surface area contributed by atoms with Crippen LogP contribution in [0.3, 0.4) is 0 Å². The van der Waals surface area contributed by atoms with Crippen LogP contribution in [0.1, 0.15) is 24.8 Å². The Morgan fingerprint density at radius 2 is 2.35 bits per heavy atom. The average molecular weight is 341 g/mol. The highest BCUT2D eigenvalue weighted by atomic mass is 32.2. The zero-order valence-electron chi connectivity index (χ0n) is 13.3. The number of aromatic nitrogens is 1. The van der Waals surface area contributed by atoms with E-state index in [1.807, 2.05) is 12.1 Å². The van der Waals surface area contributed by atoms with E-state index in [4.69, 9.17) is 4.74 Å². The first-order valence-electron chi connectivity index (χ1n) is 7.67. The Morgan fingerprint density at radius 3 is 3.04 bits per heavy atom. The normalized spacial score (nSPS) is 18.8. The molecule has 1 aromatic heterocycles. The van der Waals surface area contributed by atoms with E-state index in [1.54, 1.807) is 17.3 Å². The zero-order chi connectivity index (χ0) is 16.7. The van der Waals surface area contributed by atoms with Gasteiger partial charge in [0.05, 0.1) is 19.0 Å². The van der Waals surface area contributed by atoms with Gasteiger partial charge in [0, 0.05) is 38.4 Å². The highest BCUT2D eigenvalue weighted by Gasteiger charge is 2.24. The van der Waals surface area contributed by atoms with Crippen LogP contribution in [-0.2, 0) is 26.2 Å². The molecule has 1 aromatic rings. The number of ether oxygens (including phenoxy) is 1. The molecule has 1 aliphatic rings. The number of carbonyl (C=O) groups is 1. The van der Waals surface area contributed by atoms with Crippen LogP contribution in [0.25, 0.3) is 0 Å². The Bertz CT molecular complexity index is 606. The molecule has 1 saturated heterocycles. The van der Waals surface area contributed by atoms with Gasteiger partial charge < -0.3 is 9.64 Å². The van der Waals surface area contributed by atoms with Crippen molar-refractivity contribution in [3.05, 3.63) is 30.1 Å². The lowest BCUT2D eigenvalue weighted by atomic mass is 10.1. The maximum Gasteiger partial charge on any atom is 0.223 e.